The molecule has 2 rings (SSSR count). The van der Waals surface area contributed by atoms with Crippen molar-refractivity contribution < 1.29 is 34.7 Å². The van der Waals surface area contributed by atoms with E-state index in [1.54, 1.807) is 0 Å². The number of hydrogen-bond donors (Lipinski definition) is 4. The van der Waals surface area contributed by atoms with Crippen molar-refractivity contribution >= 4 is 5.97 Å². The zero-order valence-corrected chi connectivity index (χ0v) is 26.9. The molecule has 2 aliphatic heterocycles. The molecule has 4 N–H and O–H groups in total. The summed E-state index contributed by atoms with van der Waals surface area (Å²) in [6, 6.07) is 0. The highest BCUT2D eigenvalue weighted by Crippen LogP contribution is 2.28. The third-order valence-electron chi connectivity index (χ3n) is 9.13. The zero-order valence-electron chi connectivity index (χ0n) is 26.9. The summed E-state index contributed by atoms with van der Waals surface area (Å²) >= 11 is 0. The summed E-state index contributed by atoms with van der Waals surface area (Å²) in [6.07, 6.45) is 23.0. The molecule has 0 bridgehead atoms. The van der Waals surface area contributed by atoms with Crippen molar-refractivity contribution in [2.75, 3.05) is 0 Å². The second kappa shape index (κ2) is 22.5. The van der Waals surface area contributed by atoms with Crippen LogP contribution in [0.25, 0.3) is 0 Å². The van der Waals surface area contributed by atoms with E-state index in [4.69, 9.17) is 9.47 Å². The Labute approximate surface area is 256 Å². The first-order valence-electron chi connectivity index (χ1n) is 17.6. The smallest absolute Gasteiger partial charge is 0.334 e. The van der Waals surface area contributed by atoms with E-state index < -0.39 is 18.3 Å². The Balaban J connectivity index is 1.36. The van der Waals surface area contributed by atoms with Crippen LogP contribution in [-0.2, 0) is 14.3 Å². The van der Waals surface area contributed by atoms with E-state index in [2.05, 4.69) is 6.92 Å². The lowest BCUT2D eigenvalue weighted by Gasteiger charge is -2.20. The van der Waals surface area contributed by atoms with Crippen LogP contribution in [0.2, 0.25) is 0 Å². The Kier molecular flexibility index (Phi) is 19.9. The molecular formula is C35H64O7. The molecule has 0 amide bonds. The molecule has 42 heavy (non-hydrogen) atoms. The maximum Gasteiger partial charge on any atom is 0.334 e. The maximum atomic E-state index is 11.6. The maximum absolute atomic E-state index is 11.6. The molecule has 0 aromatic rings. The van der Waals surface area contributed by atoms with Gasteiger partial charge in [0.15, 0.2) is 0 Å². The summed E-state index contributed by atoms with van der Waals surface area (Å²) in [5.74, 6) is -0.277. The van der Waals surface area contributed by atoms with Crippen LogP contribution >= 0.6 is 0 Å². The predicted octanol–water partition coefficient (Wildman–Crippen LogP) is 7.06. The minimum Gasteiger partial charge on any atom is -0.455 e. The summed E-state index contributed by atoms with van der Waals surface area (Å²) in [4.78, 5) is 11.6. The molecule has 246 valence electrons. The van der Waals surface area contributed by atoms with E-state index in [-0.39, 0.29) is 24.3 Å². The average molecular weight is 597 g/mol. The summed E-state index contributed by atoms with van der Waals surface area (Å²) in [5, 5.41) is 40.9. The fraction of sp³-hybridized carbons (Fsp3) is 0.914. The Morgan fingerprint density at radius 1 is 0.738 bits per heavy atom. The minimum atomic E-state index is -0.604. The first-order chi connectivity index (χ1) is 20.3. The van der Waals surface area contributed by atoms with Crippen LogP contribution in [0.5, 0.6) is 0 Å². The normalized spacial score (nSPS) is 23.5. The molecule has 2 heterocycles. The fourth-order valence-electron chi connectivity index (χ4n) is 6.41. The lowest BCUT2D eigenvalue weighted by Crippen LogP contribution is -2.26. The molecule has 0 aromatic heterocycles. The summed E-state index contributed by atoms with van der Waals surface area (Å²) in [7, 11) is 0. The van der Waals surface area contributed by atoms with Crippen LogP contribution in [0.15, 0.2) is 11.6 Å². The van der Waals surface area contributed by atoms with Gasteiger partial charge in [0.2, 0.25) is 0 Å². The molecule has 7 heteroatoms. The van der Waals surface area contributed by atoms with Crippen LogP contribution in [0.4, 0.5) is 0 Å². The predicted molar refractivity (Wildman–Crippen MR) is 168 cm³/mol. The van der Waals surface area contributed by atoms with E-state index in [0.717, 1.165) is 89.9 Å². The second-order valence-corrected chi connectivity index (χ2v) is 13.1. The number of esters is 1. The highest BCUT2D eigenvalue weighted by molar-refractivity contribution is 5.90. The van der Waals surface area contributed by atoms with Gasteiger partial charge in [-0.3, -0.25) is 0 Å². The molecule has 7 nitrogen and oxygen atoms in total. The molecule has 2 aliphatic rings. The number of hydrogen-bond acceptors (Lipinski definition) is 7. The Morgan fingerprint density at radius 2 is 1.29 bits per heavy atom. The van der Waals surface area contributed by atoms with Gasteiger partial charge in [-0.05, 0) is 57.9 Å². The zero-order chi connectivity index (χ0) is 30.6. The largest absolute Gasteiger partial charge is 0.455 e. The molecule has 1 saturated heterocycles. The van der Waals surface area contributed by atoms with Crippen LogP contribution in [0.1, 0.15) is 162 Å². The van der Waals surface area contributed by atoms with Gasteiger partial charge in [0, 0.05) is 12.0 Å². The van der Waals surface area contributed by atoms with Crippen LogP contribution in [0, 0.1) is 0 Å². The molecule has 0 aromatic carbocycles. The quantitative estimate of drug-likeness (QED) is 0.0624. The monoisotopic (exact) mass is 596 g/mol. The summed E-state index contributed by atoms with van der Waals surface area (Å²) < 4.78 is 11.3. The third kappa shape index (κ3) is 16.2. The summed E-state index contributed by atoms with van der Waals surface area (Å²) in [6.45, 7) is 3.98. The van der Waals surface area contributed by atoms with Crippen molar-refractivity contribution in [3.8, 4) is 0 Å². The molecular weight excluding hydrogens is 532 g/mol. The van der Waals surface area contributed by atoms with Gasteiger partial charge in [-0.2, -0.15) is 0 Å². The molecule has 0 spiro atoms. The second-order valence-electron chi connectivity index (χ2n) is 13.1. The number of unbranched alkanes of at least 4 members (excludes halogenated alkanes) is 12. The first kappa shape index (κ1) is 37.2. The number of carbonyl (C=O) groups excluding carboxylic acids is 1. The van der Waals surface area contributed by atoms with Crippen molar-refractivity contribution in [3.05, 3.63) is 11.6 Å². The van der Waals surface area contributed by atoms with Gasteiger partial charge < -0.3 is 29.9 Å². The fourth-order valence-corrected chi connectivity index (χ4v) is 6.41. The van der Waals surface area contributed by atoms with E-state index in [1.165, 1.54) is 38.5 Å². The van der Waals surface area contributed by atoms with Gasteiger partial charge in [0.1, 0.15) is 6.10 Å². The molecule has 0 radical (unpaired) electrons. The van der Waals surface area contributed by atoms with Crippen molar-refractivity contribution in [2.24, 2.45) is 0 Å². The van der Waals surface area contributed by atoms with Crippen LogP contribution in [-0.4, -0.2) is 69.1 Å². The SMILES string of the molecule is CCCCC[C@@H](O)[C@H](O)CCCCCC[C@H](O)[C@@H]1CC[C@H](CCCCCCCCCC[C@H](O)CC2=C[C@H](C)OC2=O)O1. The average Bonchev–Trinajstić information content (AvgIpc) is 3.56. The number of ether oxygens (including phenoxy) is 2. The van der Waals surface area contributed by atoms with Crippen molar-refractivity contribution in [1.82, 2.24) is 0 Å². The van der Waals surface area contributed by atoms with E-state index in [0.29, 0.717) is 30.9 Å². The number of cyclic esters (lactones) is 1. The van der Waals surface area contributed by atoms with Gasteiger partial charge in [-0.15, -0.1) is 0 Å². The highest BCUT2D eigenvalue weighted by atomic mass is 16.5. The highest BCUT2D eigenvalue weighted by Gasteiger charge is 2.30. The van der Waals surface area contributed by atoms with Crippen molar-refractivity contribution in [3.63, 3.8) is 0 Å². The minimum absolute atomic E-state index is 0.0131. The van der Waals surface area contributed by atoms with Gasteiger partial charge >= 0.3 is 5.97 Å². The summed E-state index contributed by atoms with van der Waals surface area (Å²) in [5.41, 5.74) is 0.621. The van der Waals surface area contributed by atoms with Crippen molar-refractivity contribution in [1.29, 1.82) is 0 Å². The molecule has 0 aliphatic carbocycles. The van der Waals surface area contributed by atoms with E-state index >= 15 is 0 Å². The van der Waals surface area contributed by atoms with E-state index in [1.807, 2.05) is 13.0 Å². The number of rotatable bonds is 26. The van der Waals surface area contributed by atoms with Gasteiger partial charge in [-0.25, -0.2) is 4.79 Å². The van der Waals surface area contributed by atoms with Crippen LogP contribution < -0.4 is 0 Å². The van der Waals surface area contributed by atoms with Crippen molar-refractivity contribution in [2.45, 2.75) is 204 Å². The Morgan fingerprint density at radius 3 is 1.88 bits per heavy atom. The van der Waals surface area contributed by atoms with Gasteiger partial charge in [0.25, 0.3) is 0 Å². The first-order valence-corrected chi connectivity index (χ1v) is 17.6. The lowest BCUT2D eigenvalue weighted by atomic mass is 9.99. The lowest BCUT2D eigenvalue weighted by molar-refractivity contribution is -0.139. The topological polar surface area (TPSA) is 116 Å². The van der Waals surface area contributed by atoms with E-state index in [9.17, 15) is 25.2 Å². The molecule has 0 saturated carbocycles. The van der Waals surface area contributed by atoms with Gasteiger partial charge in [-0.1, -0.05) is 103 Å². The third-order valence-corrected chi connectivity index (χ3v) is 9.13. The number of carbonyl (C=O) groups is 1. The standard InChI is InChI=1S/C35H64O7/c1-3-4-13-20-31(37)32(38)21-16-11-12-17-22-33(39)34-24-23-30(42-34)19-15-10-8-6-5-7-9-14-18-29(36)26-28-25-27(2)41-35(28)40/h25,27,29-34,36-39H,3-24,26H2,1-2H3/t27-,29-,30-,31+,32+,33-,34-/m0/s1. The molecule has 0 unspecified atom stereocenters. The number of aliphatic hydroxyl groups is 4. The Hall–Kier alpha value is -0.990. The van der Waals surface area contributed by atoms with Gasteiger partial charge in [0.05, 0.1) is 36.6 Å². The molecule has 1 fully saturated rings. The molecule has 7 atom stereocenters. The Bertz CT molecular complexity index is 726. The number of aliphatic hydroxyl groups excluding tert-OH is 4. The van der Waals surface area contributed by atoms with Crippen LogP contribution in [0.3, 0.4) is 0 Å².